The molecular weight excluding hydrogens is 815 g/mol. The molecule has 0 aliphatic carbocycles. The molecule has 6 nitrogen and oxygen atoms in total. The molecule has 0 aromatic rings. The molecule has 0 spiro atoms. The minimum Gasteiger partial charge on any atom is -0.458 e. The van der Waals surface area contributed by atoms with E-state index in [1.807, 2.05) is 6.08 Å². The molecule has 0 saturated heterocycles. The van der Waals surface area contributed by atoms with Gasteiger partial charge in [0.15, 0.2) is 0 Å². The smallest absolute Gasteiger partial charge is 0.306 e. The van der Waals surface area contributed by atoms with Gasteiger partial charge in [-0.15, -0.1) is 0 Å². The van der Waals surface area contributed by atoms with Crippen LogP contribution in [0.3, 0.4) is 0 Å². The van der Waals surface area contributed by atoms with Crippen LogP contribution in [-0.4, -0.2) is 46.9 Å². The molecular formula is C60H103NO5. The van der Waals surface area contributed by atoms with Crippen LogP contribution in [0.4, 0.5) is 0 Å². The third kappa shape index (κ3) is 47.3. The Morgan fingerprint density at radius 3 is 1.32 bits per heavy atom. The van der Waals surface area contributed by atoms with Gasteiger partial charge < -0.3 is 20.3 Å². The highest BCUT2D eigenvalue weighted by Gasteiger charge is 2.23. The zero-order chi connectivity index (χ0) is 48.1. The molecule has 6 heteroatoms. The fourth-order valence-electron chi connectivity index (χ4n) is 7.75. The molecule has 0 fully saturated rings. The predicted octanol–water partition coefficient (Wildman–Crippen LogP) is 16.9. The Bertz CT molecular complexity index is 1310. The van der Waals surface area contributed by atoms with E-state index < -0.39 is 18.2 Å². The summed E-state index contributed by atoms with van der Waals surface area (Å²) in [6.45, 7) is 6.31. The van der Waals surface area contributed by atoms with E-state index in [1.54, 1.807) is 6.08 Å². The average molecular weight is 918 g/mol. The Morgan fingerprint density at radius 1 is 0.470 bits per heavy atom. The number of nitrogens with one attached hydrogen (secondary N) is 1. The molecule has 0 aliphatic heterocycles. The second kappa shape index (κ2) is 52.7. The number of unbranched alkanes of at least 4 members (excludes halogenated alkanes) is 22. The molecule has 0 aromatic carbocycles. The summed E-state index contributed by atoms with van der Waals surface area (Å²) in [5.74, 6) is -0.646. The van der Waals surface area contributed by atoms with Gasteiger partial charge in [0.05, 0.1) is 25.2 Å². The fraction of sp³-hybridized carbons (Fsp3) is 0.700. The first-order valence-electron chi connectivity index (χ1n) is 27.5. The number of rotatable bonds is 48. The lowest BCUT2D eigenvalue weighted by molar-refractivity contribution is -0.148. The van der Waals surface area contributed by atoms with E-state index in [4.69, 9.17) is 4.74 Å². The lowest BCUT2D eigenvalue weighted by Crippen LogP contribution is -2.46. The molecule has 0 aliphatic rings. The van der Waals surface area contributed by atoms with Crippen molar-refractivity contribution in [1.29, 1.82) is 0 Å². The first-order chi connectivity index (χ1) is 32.5. The summed E-state index contributed by atoms with van der Waals surface area (Å²) in [6, 6.07) is -0.750. The maximum atomic E-state index is 13.2. The lowest BCUT2D eigenvalue weighted by Gasteiger charge is -2.23. The van der Waals surface area contributed by atoms with E-state index in [-0.39, 0.29) is 24.9 Å². The van der Waals surface area contributed by atoms with Crippen molar-refractivity contribution in [2.24, 2.45) is 0 Å². The zero-order valence-corrected chi connectivity index (χ0v) is 43.0. The van der Waals surface area contributed by atoms with Crippen LogP contribution in [0.15, 0.2) is 97.2 Å². The summed E-state index contributed by atoms with van der Waals surface area (Å²) >= 11 is 0. The molecule has 0 heterocycles. The summed E-state index contributed by atoms with van der Waals surface area (Å²) in [5.41, 5.74) is 0. The van der Waals surface area contributed by atoms with Gasteiger partial charge in [-0.3, -0.25) is 9.59 Å². The van der Waals surface area contributed by atoms with Gasteiger partial charge in [-0.05, 0) is 89.5 Å². The third-order valence-electron chi connectivity index (χ3n) is 11.9. The first-order valence-corrected chi connectivity index (χ1v) is 27.5. The highest BCUT2D eigenvalue weighted by Crippen LogP contribution is 2.16. The van der Waals surface area contributed by atoms with Gasteiger partial charge in [0.2, 0.25) is 5.91 Å². The van der Waals surface area contributed by atoms with Gasteiger partial charge in [0.1, 0.15) is 6.10 Å². The topological polar surface area (TPSA) is 95.9 Å². The lowest BCUT2D eigenvalue weighted by atomic mass is 10.0. The number of esters is 1. The first kappa shape index (κ1) is 62.8. The maximum Gasteiger partial charge on any atom is 0.306 e. The third-order valence-corrected chi connectivity index (χ3v) is 11.9. The molecule has 3 N–H and O–H groups in total. The van der Waals surface area contributed by atoms with E-state index in [0.29, 0.717) is 19.3 Å². The summed E-state index contributed by atoms with van der Waals surface area (Å²) in [7, 11) is 0. The summed E-state index contributed by atoms with van der Waals surface area (Å²) in [4.78, 5) is 26.2. The van der Waals surface area contributed by atoms with Gasteiger partial charge in [-0.1, -0.05) is 240 Å². The predicted molar refractivity (Wildman–Crippen MR) is 287 cm³/mol. The summed E-state index contributed by atoms with van der Waals surface area (Å²) in [6.07, 6.45) is 70.7. The van der Waals surface area contributed by atoms with Crippen LogP contribution < -0.4 is 5.32 Å². The van der Waals surface area contributed by atoms with E-state index >= 15 is 0 Å². The Balaban J connectivity index is 4.71. The molecule has 0 rings (SSSR count). The van der Waals surface area contributed by atoms with Crippen LogP contribution in [-0.2, 0) is 14.3 Å². The molecule has 378 valence electrons. The fourth-order valence-corrected chi connectivity index (χ4v) is 7.75. The number of ether oxygens (including phenoxy) is 1. The van der Waals surface area contributed by atoms with Crippen molar-refractivity contribution in [1.82, 2.24) is 5.32 Å². The summed E-state index contributed by atoms with van der Waals surface area (Å²) < 4.78 is 5.83. The van der Waals surface area contributed by atoms with Crippen LogP contribution in [0.5, 0.6) is 0 Å². The molecule has 3 atom stereocenters. The normalized spacial score (nSPS) is 14.0. The largest absolute Gasteiger partial charge is 0.458 e. The second-order valence-electron chi connectivity index (χ2n) is 18.2. The van der Waals surface area contributed by atoms with Crippen molar-refractivity contribution in [2.45, 2.75) is 264 Å². The number of allylic oxidation sites excluding steroid dienone is 15. The van der Waals surface area contributed by atoms with Crippen molar-refractivity contribution < 1.29 is 24.5 Å². The Kier molecular flexibility index (Phi) is 50.2. The molecule has 66 heavy (non-hydrogen) atoms. The summed E-state index contributed by atoms with van der Waals surface area (Å²) in [5, 5.41) is 23.8. The Hall–Kier alpha value is -3.22. The van der Waals surface area contributed by atoms with Crippen LogP contribution in [0.2, 0.25) is 0 Å². The van der Waals surface area contributed by atoms with Crippen molar-refractivity contribution in [3.05, 3.63) is 97.2 Å². The van der Waals surface area contributed by atoms with Gasteiger partial charge in [-0.2, -0.15) is 0 Å². The minimum absolute atomic E-state index is 0.0558. The van der Waals surface area contributed by atoms with E-state index in [1.165, 1.54) is 109 Å². The van der Waals surface area contributed by atoms with E-state index in [2.05, 4.69) is 111 Å². The van der Waals surface area contributed by atoms with Gasteiger partial charge in [-0.25, -0.2) is 0 Å². The highest BCUT2D eigenvalue weighted by molar-refractivity contribution is 5.78. The van der Waals surface area contributed by atoms with Gasteiger partial charge in [0.25, 0.3) is 0 Å². The average Bonchev–Trinajstić information content (AvgIpc) is 3.31. The molecule has 0 aromatic heterocycles. The van der Waals surface area contributed by atoms with Crippen molar-refractivity contribution in [3.63, 3.8) is 0 Å². The van der Waals surface area contributed by atoms with E-state index in [0.717, 1.165) is 89.9 Å². The Morgan fingerprint density at radius 2 is 0.848 bits per heavy atom. The minimum atomic E-state index is -0.827. The van der Waals surface area contributed by atoms with Crippen LogP contribution >= 0.6 is 0 Å². The molecule has 0 saturated carbocycles. The van der Waals surface area contributed by atoms with Crippen molar-refractivity contribution >= 4 is 11.9 Å². The number of hydrogen-bond acceptors (Lipinski definition) is 5. The number of aliphatic hydroxyl groups excluding tert-OH is 2. The van der Waals surface area contributed by atoms with Crippen molar-refractivity contribution in [2.75, 3.05) is 6.61 Å². The molecule has 3 unspecified atom stereocenters. The SMILES string of the molecule is CC/C=C/C/C=C/C/C=C/C/C=C/C/C=C/C(CC(=O)NC(CO)C(O)CCCCCCCCCCCCCCCC)OC(=O)CCCCCCCC/C=C\C/C=C\C/C=C\CCCCC. The number of aliphatic hydroxyl groups is 2. The van der Waals surface area contributed by atoms with Crippen LogP contribution in [0.1, 0.15) is 245 Å². The monoisotopic (exact) mass is 918 g/mol. The van der Waals surface area contributed by atoms with Gasteiger partial charge in [0, 0.05) is 6.42 Å². The van der Waals surface area contributed by atoms with Crippen LogP contribution in [0.25, 0.3) is 0 Å². The zero-order valence-electron chi connectivity index (χ0n) is 43.0. The Labute approximate surface area is 407 Å². The van der Waals surface area contributed by atoms with Crippen molar-refractivity contribution in [3.8, 4) is 0 Å². The number of hydrogen-bond donors (Lipinski definition) is 3. The highest BCUT2D eigenvalue weighted by atomic mass is 16.5. The number of carbonyl (C=O) groups is 2. The van der Waals surface area contributed by atoms with Crippen LogP contribution in [0, 0.1) is 0 Å². The molecule has 0 radical (unpaired) electrons. The van der Waals surface area contributed by atoms with Gasteiger partial charge >= 0.3 is 5.97 Å². The molecule has 1 amide bonds. The van der Waals surface area contributed by atoms with E-state index in [9.17, 15) is 19.8 Å². The number of amides is 1. The second-order valence-corrected chi connectivity index (χ2v) is 18.2. The molecule has 0 bridgehead atoms. The maximum absolute atomic E-state index is 13.2. The number of carbonyl (C=O) groups excluding carboxylic acids is 2. The standard InChI is InChI=1S/C60H103NO5/c1-4-7-10-13-16-19-22-25-28-29-30-31-32-35-38-41-44-47-50-53-60(65)66-56(51-48-45-42-39-36-33-26-23-20-17-14-11-8-5-2)54-59(64)61-57(55-62)58(63)52-49-46-43-40-37-34-27-24-21-18-15-12-9-6-3/h8,11,16-17,19-20,25-26,28,30-31,33,39,42,48,51,56-58,62-63H,4-7,9-10,12-15,18,21-24,27,29,32,34-38,40-41,43-47,49-50,52-55H2,1-3H3,(H,61,64)/b11-8+,19-16-,20-17+,28-25-,31-30-,33-26+,42-39+,51-48+. The quantitative estimate of drug-likeness (QED) is 0.0321.